The number of rotatable bonds is 8. The molecule has 4 aromatic rings. The van der Waals surface area contributed by atoms with Crippen molar-refractivity contribution in [3.63, 3.8) is 0 Å². The maximum atomic E-state index is 12.7. The summed E-state index contributed by atoms with van der Waals surface area (Å²) in [5, 5.41) is -0.614. The van der Waals surface area contributed by atoms with Crippen molar-refractivity contribution >= 4 is 25.8 Å². The van der Waals surface area contributed by atoms with E-state index in [2.05, 4.69) is 52.0 Å². The number of aryl methyl sites for hydroxylation is 6. The van der Waals surface area contributed by atoms with Gasteiger partial charge >= 0.3 is 20.2 Å². The van der Waals surface area contributed by atoms with Crippen molar-refractivity contribution in [3.05, 3.63) is 174 Å². The second-order valence-electron chi connectivity index (χ2n) is 12.4. The lowest BCUT2D eigenvalue weighted by molar-refractivity contribution is 0.487. The summed E-state index contributed by atoms with van der Waals surface area (Å²) in [4.78, 5) is -0.631. The van der Waals surface area contributed by atoms with Gasteiger partial charge in [0.2, 0.25) is 0 Å². The highest BCUT2D eigenvalue weighted by atomic mass is 32.2. The van der Waals surface area contributed by atoms with Gasteiger partial charge in [0.15, 0.2) is 10.2 Å². The highest BCUT2D eigenvalue weighted by molar-refractivity contribution is 7.90. The third kappa shape index (κ3) is 7.36. The Labute approximate surface area is 278 Å². The van der Waals surface area contributed by atoms with Crippen molar-refractivity contribution in [1.82, 2.24) is 0 Å². The molecule has 2 N–H and O–H groups in total. The van der Waals surface area contributed by atoms with Crippen LogP contribution in [0.1, 0.15) is 66.8 Å². The number of hydrogen-bond donors (Lipinski definition) is 2. The van der Waals surface area contributed by atoms with Gasteiger partial charge in [0.1, 0.15) is 5.57 Å². The Morgan fingerprint density at radius 2 is 1.02 bits per heavy atom. The van der Waals surface area contributed by atoms with Crippen LogP contribution in [0.4, 0.5) is 0 Å². The third-order valence-electron chi connectivity index (χ3n) is 9.08. The quantitative estimate of drug-likeness (QED) is 0.145. The minimum atomic E-state index is -4.91. The van der Waals surface area contributed by atoms with Crippen molar-refractivity contribution in [2.45, 2.75) is 54.4 Å². The fourth-order valence-corrected chi connectivity index (χ4v) is 7.60. The van der Waals surface area contributed by atoms with E-state index in [4.69, 9.17) is 0 Å². The van der Waals surface area contributed by atoms with E-state index in [9.17, 15) is 25.9 Å². The third-order valence-corrected chi connectivity index (χ3v) is 10.8. The van der Waals surface area contributed by atoms with Crippen LogP contribution in [0.25, 0.3) is 5.57 Å². The first kappa shape index (κ1) is 34.1. The molecule has 5 rings (SSSR count). The topological polar surface area (TPSA) is 109 Å². The molecule has 4 aromatic carbocycles. The molecule has 242 valence electrons. The first-order valence-corrected chi connectivity index (χ1v) is 18.2. The molecule has 0 saturated carbocycles. The van der Waals surface area contributed by atoms with Crippen LogP contribution in [0.15, 0.2) is 102 Å². The van der Waals surface area contributed by atoms with Gasteiger partial charge in [0.25, 0.3) is 0 Å². The lowest BCUT2D eigenvalue weighted by Crippen LogP contribution is -2.18. The highest BCUT2D eigenvalue weighted by Gasteiger charge is 2.40. The van der Waals surface area contributed by atoms with Gasteiger partial charge in [-0.05, 0) is 134 Å². The molecular weight excluding hydrogens is 629 g/mol. The van der Waals surface area contributed by atoms with Gasteiger partial charge in [-0.15, -0.1) is 0 Å². The van der Waals surface area contributed by atoms with Crippen molar-refractivity contribution in [2.75, 3.05) is 0 Å². The zero-order chi connectivity index (χ0) is 34.3. The van der Waals surface area contributed by atoms with Gasteiger partial charge in [-0.25, -0.2) is 0 Å². The minimum Gasteiger partial charge on any atom is -0.275 e. The lowest BCUT2D eigenvalue weighted by Gasteiger charge is -2.18. The Kier molecular flexibility index (Phi) is 9.53. The molecule has 0 amide bonds. The van der Waals surface area contributed by atoms with Gasteiger partial charge in [0.05, 0.1) is 11.6 Å². The first-order valence-electron chi connectivity index (χ1n) is 15.3. The van der Waals surface area contributed by atoms with Crippen LogP contribution in [0.2, 0.25) is 0 Å². The van der Waals surface area contributed by atoms with Gasteiger partial charge in [-0.1, -0.05) is 48.5 Å². The van der Waals surface area contributed by atoms with E-state index in [0.29, 0.717) is 16.7 Å². The summed E-state index contributed by atoms with van der Waals surface area (Å²) in [6.45, 7) is 12.4. The summed E-state index contributed by atoms with van der Waals surface area (Å²) < 4.78 is 69.4. The second kappa shape index (κ2) is 13.1. The van der Waals surface area contributed by atoms with E-state index in [0.717, 1.165) is 47.2 Å². The zero-order valence-electron chi connectivity index (χ0n) is 27.4. The Bertz CT molecular complexity index is 2060. The molecule has 0 fully saturated rings. The Balaban J connectivity index is 1.69. The van der Waals surface area contributed by atoms with Crippen LogP contribution in [-0.2, 0) is 33.1 Å². The predicted octanol–water partition coefficient (Wildman–Crippen LogP) is 8.28. The van der Waals surface area contributed by atoms with Crippen molar-refractivity contribution in [1.29, 1.82) is 0 Å². The van der Waals surface area contributed by atoms with Crippen LogP contribution < -0.4 is 0 Å². The lowest BCUT2D eigenvalue weighted by atomic mass is 9.85. The van der Waals surface area contributed by atoms with Gasteiger partial charge in [0, 0.05) is 23.3 Å². The Morgan fingerprint density at radius 3 is 1.38 bits per heavy atom. The van der Waals surface area contributed by atoms with Gasteiger partial charge in [-0.3, -0.25) is 9.11 Å². The normalized spacial score (nSPS) is 13.6. The van der Waals surface area contributed by atoms with Crippen LogP contribution >= 0.6 is 0 Å². The molecule has 0 heterocycles. The monoisotopic (exact) mass is 667 g/mol. The predicted molar refractivity (Wildman–Crippen MR) is 189 cm³/mol. The minimum absolute atomic E-state index is 0.115. The van der Waals surface area contributed by atoms with E-state index in [1.54, 1.807) is 0 Å². The van der Waals surface area contributed by atoms with Crippen molar-refractivity contribution < 1.29 is 25.9 Å². The van der Waals surface area contributed by atoms with Crippen molar-refractivity contribution in [2.24, 2.45) is 0 Å². The molecule has 0 aliphatic heterocycles. The Hall–Kier alpha value is -4.21. The molecule has 1 aliphatic rings. The molecular formula is C39H39O6S2+. The summed E-state index contributed by atoms with van der Waals surface area (Å²) in [5.74, 6) is 0. The summed E-state index contributed by atoms with van der Waals surface area (Å²) >= 11 is 0. The number of benzene rings is 4. The summed E-state index contributed by atoms with van der Waals surface area (Å²) in [5.41, 5.74) is 13.5. The SMILES string of the molecule is Cc1cc(C(=C2C=CC(S(=O)(=O)O)=C[C+]2S(=O)(=O)O)c2ccc(Cc3c(C)cccc3C)c(C)c2)ccc1Cc1c(C)cccc1C. The fourth-order valence-electron chi connectivity index (χ4n) is 6.30. The molecule has 0 saturated heterocycles. The Morgan fingerprint density at radius 1 is 0.596 bits per heavy atom. The van der Waals surface area contributed by atoms with E-state index in [1.807, 2.05) is 62.4 Å². The van der Waals surface area contributed by atoms with Crippen LogP contribution in [0.5, 0.6) is 0 Å². The van der Waals surface area contributed by atoms with Crippen molar-refractivity contribution in [3.8, 4) is 0 Å². The molecule has 47 heavy (non-hydrogen) atoms. The second-order valence-corrected chi connectivity index (χ2v) is 15.2. The van der Waals surface area contributed by atoms with Gasteiger partial charge < -0.3 is 0 Å². The number of allylic oxidation sites excluding steroid dienone is 2. The van der Waals surface area contributed by atoms with Crippen LogP contribution in [0, 0.1) is 46.8 Å². The number of hydrogen-bond acceptors (Lipinski definition) is 4. The van der Waals surface area contributed by atoms with E-state index in [-0.39, 0.29) is 5.57 Å². The molecule has 6 nitrogen and oxygen atoms in total. The van der Waals surface area contributed by atoms with Crippen LogP contribution in [0.3, 0.4) is 0 Å². The molecule has 0 aromatic heterocycles. The van der Waals surface area contributed by atoms with Crippen LogP contribution in [-0.4, -0.2) is 25.9 Å². The highest BCUT2D eigenvalue weighted by Crippen LogP contribution is 2.40. The average Bonchev–Trinajstić information content (AvgIpc) is 2.98. The van der Waals surface area contributed by atoms with E-state index >= 15 is 0 Å². The standard InChI is InChI=1S/C39H38O6S2/c1-24-9-7-10-25(2)36(24)21-30-13-15-32(19-28(30)5)39(35-18-17-34(46(40,41)42)23-38(35)47(43,44)45)33-16-14-31(29(6)20-33)22-37-26(3)11-8-12-27(37)4/h7-20,23H,21-22H2,1-6H3,(H-,40,41,42,43,44,45)/p+1. The fraction of sp³-hybridized carbons (Fsp3) is 0.205. The zero-order valence-corrected chi connectivity index (χ0v) is 29.1. The average molecular weight is 668 g/mol. The molecule has 0 atom stereocenters. The largest absolute Gasteiger partial charge is 0.331 e. The molecule has 0 unspecified atom stereocenters. The van der Waals surface area contributed by atoms with E-state index in [1.165, 1.54) is 39.5 Å². The molecule has 1 aliphatic carbocycles. The first-order chi connectivity index (χ1) is 22.0. The smallest absolute Gasteiger partial charge is 0.275 e. The molecule has 0 spiro atoms. The summed E-state index contributed by atoms with van der Waals surface area (Å²) in [6.07, 6.45) is 4.71. The summed E-state index contributed by atoms with van der Waals surface area (Å²) in [7, 11) is -9.65. The maximum Gasteiger partial charge on any atom is 0.331 e. The molecule has 8 heteroatoms. The molecule has 0 radical (unpaired) electrons. The molecule has 0 bridgehead atoms. The van der Waals surface area contributed by atoms with E-state index < -0.39 is 30.4 Å². The van der Waals surface area contributed by atoms with Gasteiger partial charge in [-0.2, -0.15) is 16.8 Å². The maximum absolute atomic E-state index is 12.7. The summed E-state index contributed by atoms with van der Waals surface area (Å²) in [6, 6.07) is 24.3.